The fourth-order valence-corrected chi connectivity index (χ4v) is 2.82. The van der Waals surface area contributed by atoms with Crippen molar-refractivity contribution in [3.8, 4) is 0 Å². The fourth-order valence-electron chi connectivity index (χ4n) is 1.56. The summed E-state index contributed by atoms with van der Waals surface area (Å²) >= 11 is 6.40. The molecule has 0 aliphatic heterocycles. The Morgan fingerprint density at radius 3 is 2.57 bits per heavy atom. The summed E-state index contributed by atoms with van der Waals surface area (Å²) in [6.07, 6.45) is 1.34. The zero-order valence-corrected chi connectivity index (χ0v) is 10.4. The number of rotatable bonds is 1. The van der Waals surface area contributed by atoms with Crippen LogP contribution < -0.4 is 0 Å². The molecule has 1 unspecified atom stereocenters. The molecule has 74 valence electrons. The lowest BCUT2D eigenvalue weighted by Gasteiger charge is -2.25. The Hall–Kier alpha value is -0.220. The summed E-state index contributed by atoms with van der Waals surface area (Å²) in [4.78, 5) is 11.2. The fraction of sp³-hybridized carbons (Fsp3) is 0.300. The summed E-state index contributed by atoms with van der Waals surface area (Å²) in [6, 6.07) is 3.32. The van der Waals surface area contributed by atoms with Crippen molar-refractivity contribution in [1.82, 2.24) is 0 Å². The molecule has 1 nitrogen and oxygen atoms in total. The monoisotopic (exact) mass is 320 g/mol. The molecule has 0 spiro atoms. The molecule has 1 atom stereocenters. The Bertz CT molecular complexity index is 403. The Kier molecular flexibility index (Phi) is 2.75. The SMILES string of the molecule is O=C1CCC1c1cc(Br)cc(Br)c1F. The number of hydrogen-bond donors (Lipinski definition) is 0. The van der Waals surface area contributed by atoms with Gasteiger partial charge in [-0.2, -0.15) is 0 Å². The molecule has 1 fully saturated rings. The predicted molar refractivity (Wildman–Crippen MR) is 58.8 cm³/mol. The molecule has 1 saturated carbocycles. The van der Waals surface area contributed by atoms with Crippen molar-refractivity contribution in [2.45, 2.75) is 18.8 Å². The molecule has 0 saturated heterocycles. The predicted octanol–water partition coefficient (Wildman–Crippen LogP) is 3.80. The standard InChI is InChI=1S/C10H7Br2FO/c11-5-3-7(6-1-2-9(6)14)10(13)8(12)4-5/h3-4,6H,1-2H2. The molecular weight excluding hydrogens is 315 g/mol. The molecule has 2 rings (SSSR count). The lowest BCUT2D eigenvalue weighted by atomic mass is 9.78. The maximum absolute atomic E-state index is 13.6. The number of Topliss-reactive ketones (excluding diaryl/α,β-unsaturated/α-hetero) is 1. The second-order valence-electron chi connectivity index (χ2n) is 3.35. The molecular formula is C10H7Br2FO. The smallest absolute Gasteiger partial charge is 0.141 e. The Labute approximate surface area is 97.9 Å². The van der Waals surface area contributed by atoms with Crippen molar-refractivity contribution in [1.29, 1.82) is 0 Å². The number of benzene rings is 1. The minimum Gasteiger partial charge on any atom is -0.299 e. The van der Waals surface area contributed by atoms with E-state index in [2.05, 4.69) is 31.9 Å². The van der Waals surface area contributed by atoms with Crippen LogP contribution in [0.2, 0.25) is 0 Å². The van der Waals surface area contributed by atoms with Crippen molar-refractivity contribution in [3.63, 3.8) is 0 Å². The van der Waals surface area contributed by atoms with E-state index >= 15 is 0 Å². The van der Waals surface area contributed by atoms with E-state index in [0.717, 1.165) is 10.9 Å². The molecule has 0 N–H and O–H groups in total. The van der Waals surface area contributed by atoms with Crippen LogP contribution in [-0.2, 0) is 4.79 Å². The molecule has 14 heavy (non-hydrogen) atoms. The summed E-state index contributed by atoms with van der Waals surface area (Å²) in [5, 5.41) is 0. The lowest BCUT2D eigenvalue weighted by Crippen LogP contribution is -2.24. The van der Waals surface area contributed by atoms with Gasteiger partial charge in [0.25, 0.3) is 0 Å². The minimum absolute atomic E-state index is 0.133. The van der Waals surface area contributed by atoms with E-state index in [1.807, 2.05) is 0 Å². The van der Waals surface area contributed by atoms with E-state index in [0.29, 0.717) is 16.5 Å². The van der Waals surface area contributed by atoms with E-state index in [1.54, 1.807) is 12.1 Å². The number of carbonyl (C=O) groups excluding carboxylic acids is 1. The van der Waals surface area contributed by atoms with Gasteiger partial charge in [0.05, 0.1) is 4.47 Å². The van der Waals surface area contributed by atoms with Gasteiger partial charge < -0.3 is 0 Å². The van der Waals surface area contributed by atoms with Crippen LogP contribution in [0.5, 0.6) is 0 Å². The second kappa shape index (κ2) is 3.74. The summed E-state index contributed by atoms with van der Waals surface area (Å²) in [5.74, 6) is -0.413. The normalized spacial score (nSPS) is 20.8. The van der Waals surface area contributed by atoms with Gasteiger partial charge in [0.2, 0.25) is 0 Å². The van der Waals surface area contributed by atoms with Gasteiger partial charge in [0.1, 0.15) is 11.6 Å². The largest absolute Gasteiger partial charge is 0.299 e. The van der Waals surface area contributed by atoms with Crippen LogP contribution in [0.15, 0.2) is 21.1 Å². The molecule has 0 aromatic heterocycles. The quantitative estimate of drug-likeness (QED) is 0.719. The van der Waals surface area contributed by atoms with Crippen LogP contribution in [0.3, 0.4) is 0 Å². The highest BCUT2D eigenvalue weighted by molar-refractivity contribution is 9.11. The van der Waals surface area contributed by atoms with Crippen LogP contribution in [0.1, 0.15) is 24.3 Å². The number of hydrogen-bond acceptors (Lipinski definition) is 1. The Balaban J connectivity index is 2.46. The van der Waals surface area contributed by atoms with Gasteiger partial charge in [0.15, 0.2) is 0 Å². The molecule has 1 aliphatic carbocycles. The van der Waals surface area contributed by atoms with Crippen molar-refractivity contribution < 1.29 is 9.18 Å². The first-order valence-electron chi connectivity index (χ1n) is 4.26. The second-order valence-corrected chi connectivity index (χ2v) is 5.12. The van der Waals surface area contributed by atoms with Crippen LogP contribution in [0, 0.1) is 5.82 Å². The van der Waals surface area contributed by atoms with E-state index in [1.165, 1.54) is 0 Å². The van der Waals surface area contributed by atoms with Gasteiger partial charge in [0, 0.05) is 22.4 Å². The Morgan fingerprint density at radius 2 is 2.07 bits per heavy atom. The highest BCUT2D eigenvalue weighted by Gasteiger charge is 2.32. The van der Waals surface area contributed by atoms with Crippen LogP contribution in [0.25, 0.3) is 0 Å². The number of ketones is 1. The molecule has 0 amide bonds. The van der Waals surface area contributed by atoms with Gasteiger partial charge in [-0.1, -0.05) is 15.9 Å². The van der Waals surface area contributed by atoms with Gasteiger partial charge >= 0.3 is 0 Å². The third-order valence-electron chi connectivity index (χ3n) is 2.46. The van der Waals surface area contributed by atoms with Gasteiger partial charge in [-0.05, 0) is 34.5 Å². The summed E-state index contributed by atoms with van der Waals surface area (Å²) in [6.45, 7) is 0. The highest BCUT2D eigenvalue weighted by Crippen LogP contribution is 2.37. The maximum Gasteiger partial charge on any atom is 0.141 e. The van der Waals surface area contributed by atoms with E-state index in [-0.39, 0.29) is 17.5 Å². The van der Waals surface area contributed by atoms with Crippen molar-refractivity contribution in [2.24, 2.45) is 0 Å². The molecule has 0 bridgehead atoms. The van der Waals surface area contributed by atoms with Crippen molar-refractivity contribution in [3.05, 3.63) is 32.5 Å². The average molecular weight is 322 g/mol. The van der Waals surface area contributed by atoms with Crippen LogP contribution >= 0.6 is 31.9 Å². The first-order valence-corrected chi connectivity index (χ1v) is 5.85. The first-order chi connectivity index (χ1) is 6.59. The molecule has 0 heterocycles. The summed E-state index contributed by atoms with van der Waals surface area (Å²) in [7, 11) is 0. The van der Waals surface area contributed by atoms with Gasteiger partial charge in [-0.3, -0.25) is 4.79 Å². The van der Waals surface area contributed by atoms with Gasteiger partial charge in [-0.25, -0.2) is 4.39 Å². The maximum atomic E-state index is 13.6. The third kappa shape index (κ3) is 1.65. The average Bonchev–Trinajstić information content (AvgIpc) is 2.11. The topological polar surface area (TPSA) is 17.1 Å². The van der Waals surface area contributed by atoms with Gasteiger partial charge in [-0.15, -0.1) is 0 Å². The van der Waals surface area contributed by atoms with Crippen LogP contribution in [0.4, 0.5) is 4.39 Å². The van der Waals surface area contributed by atoms with Crippen LogP contribution in [-0.4, -0.2) is 5.78 Å². The van der Waals surface area contributed by atoms with E-state index < -0.39 is 0 Å². The molecule has 4 heteroatoms. The molecule has 0 radical (unpaired) electrons. The summed E-state index contributed by atoms with van der Waals surface area (Å²) in [5.41, 5.74) is 0.502. The third-order valence-corrected chi connectivity index (χ3v) is 3.50. The van der Waals surface area contributed by atoms with E-state index in [9.17, 15) is 9.18 Å². The summed E-state index contributed by atoms with van der Waals surface area (Å²) < 4.78 is 14.8. The lowest BCUT2D eigenvalue weighted by molar-refractivity contribution is -0.125. The first kappa shape index (κ1) is 10.3. The molecule has 1 aromatic carbocycles. The zero-order chi connectivity index (χ0) is 10.3. The molecule has 1 aliphatic rings. The molecule has 1 aromatic rings. The van der Waals surface area contributed by atoms with Crippen molar-refractivity contribution in [2.75, 3.05) is 0 Å². The van der Waals surface area contributed by atoms with Crippen molar-refractivity contribution >= 4 is 37.6 Å². The zero-order valence-electron chi connectivity index (χ0n) is 7.19. The minimum atomic E-state index is -0.314. The highest BCUT2D eigenvalue weighted by atomic mass is 79.9. The Morgan fingerprint density at radius 1 is 1.36 bits per heavy atom. The van der Waals surface area contributed by atoms with E-state index in [4.69, 9.17) is 0 Å². The number of carbonyl (C=O) groups is 1. The number of halogens is 3.